The van der Waals surface area contributed by atoms with E-state index in [1.54, 1.807) is 6.92 Å². The van der Waals surface area contributed by atoms with Gasteiger partial charge in [-0.1, -0.05) is 0 Å². The van der Waals surface area contributed by atoms with Gasteiger partial charge in [-0.25, -0.2) is 0 Å². The Morgan fingerprint density at radius 1 is 1.60 bits per heavy atom. The first-order valence-electron chi connectivity index (χ1n) is 2.90. The Labute approximate surface area is 66.5 Å². The summed E-state index contributed by atoms with van der Waals surface area (Å²) in [6, 6.07) is 0. The lowest BCUT2D eigenvalue weighted by Gasteiger charge is -2.01. The van der Waals surface area contributed by atoms with Crippen LogP contribution in [0.4, 0.5) is 0 Å². The summed E-state index contributed by atoms with van der Waals surface area (Å²) >= 11 is 5.53. The molecule has 0 aromatic rings. The van der Waals surface area contributed by atoms with Crippen molar-refractivity contribution in [3.05, 3.63) is 0 Å². The molecule has 62 valence electrons. The third-order valence-electron chi connectivity index (χ3n) is 0.813. The lowest BCUT2D eigenvalue weighted by atomic mass is 10.4. The molecule has 0 N–H and O–H groups in total. The standard InChI is InChI=1S/C5H11ClO3S/c1-5(6)3-4-9-10(2,7)8/h5H,3-4H2,1-2H3/t5-/m0/s1. The zero-order valence-corrected chi connectivity index (χ0v) is 7.57. The first-order chi connectivity index (χ1) is 4.42. The lowest BCUT2D eigenvalue weighted by Crippen LogP contribution is -2.06. The summed E-state index contributed by atoms with van der Waals surface area (Å²) in [6.45, 7) is 1.96. The fraction of sp³-hybridized carbons (Fsp3) is 1.00. The first-order valence-corrected chi connectivity index (χ1v) is 5.15. The maximum atomic E-state index is 10.3. The van der Waals surface area contributed by atoms with E-state index in [0.29, 0.717) is 6.42 Å². The van der Waals surface area contributed by atoms with Crippen LogP contribution in [0.3, 0.4) is 0 Å². The fourth-order valence-electron chi connectivity index (χ4n) is 0.362. The molecule has 0 unspecified atom stereocenters. The summed E-state index contributed by atoms with van der Waals surface area (Å²) < 4.78 is 25.1. The molecule has 0 heterocycles. The Kier molecular flexibility index (Phi) is 4.24. The molecular weight excluding hydrogens is 176 g/mol. The minimum atomic E-state index is -3.28. The number of hydrogen-bond donors (Lipinski definition) is 0. The average molecular weight is 187 g/mol. The van der Waals surface area contributed by atoms with Gasteiger partial charge in [-0.05, 0) is 13.3 Å². The maximum Gasteiger partial charge on any atom is 0.264 e. The minimum Gasteiger partial charge on any atom is -0.270 e. The van der Waals surface area contributed by atoms with E-state index in [0.717, 1.165) is 6.26 Å². The number of alkyl halides is 1. The zero-order valence-electron chi connectivity index (χ0n) is 6.00. The van der Waals surface area contributed by atoms with E-state index in [4.69, 9.17) is 11.6 Å². The van der Waals surface area contributed by atoms with Gasteiger partial charge in [0, 0.05) is 5.38 Å². The van der Waals surface area contributed by atoms with Crippen LogP contribution in [-0.4, -0.2) is 26.7 Å². The molecule has 0 rings (SSSR count). The molecule has 0 aliphatic carbocycles. The molecule has 0 bridgehead atoms. The van der Waals surface area contributed by atoms with E-state index in [1.165, 1.54) is 0 Å². The van der Waals surface area contributed by atoms with Gasteiger partial charge in [0.25, 0.3) is 10.1 Å². The Hall–Kier alpha value is 0.200. The van der Waals surface area contributed by atoms with E-state index in [9.17, 15) is 8.42 Å². The van der Waals surface area contributed by atoms with Crippen LogP contribution in [0.15, 0.2) is 0 Å². The summed E-state index contributed by atoms with van der Waals surface area (Å²) in [7, 11) is -3.28. The Bertz CT molecular complexity index is 173. The van der Waals surface area contributed by atoms with Gasteiger partial charge in [-0.3, -0.25) is 4.18 Å². The van der Waals surface area contributed by atoms with Crippen molar-refractivity contribution >= 4 is 21.7 Å². The molecule has 0 spiro atoms. The molecule has 0 radical (unpaired) electrons. The van der Waals surface area contributed by atoms with Crippen LogP contribution in [0.5, 0.6) is 0 Å². The van der Waals surface area contributed by atoms with E-state index < -0.39 is 10.1 Å². The van der Waals surface area contributed by atoms with E-state index in [-0.39, 0.29) is 12.0 Å². The highest BCUT2D eigenvalue weighted by molar-refractivity contribution is 7.85. The van der Waals surface area contributed by atoms with Crippen LogP contribution in [0, 0.1) is 0 Å². The van der Waals surface area contributed by atoms with Gasteiger partial charge in [-0.15, -0.1) is 11.6 Å². The van der Waals surface area contributed by atoms with Gasteiger partial charge >= 0.3 is 0 Å². The van der Waals surface area contributed by atoms with Crippen LogP contribution in [0.25, 0.3) is 0 Å². The molecule has 0 saturated carbocycles. The topological polar surface area (TPSA) is 43.4 Å². The molecule has 0 saturated heterocycles. The van der Waals surface area contributed by atoms with Gasteiger partial charge in [0.05, 0.1) is 12.9 Å². The van der Waals surface area contributed by atoms with Crippen molar-refractivity contribution in [2.24, 2.45) is 0 Å². The van der Waals surface area contributed by atoms with Gasteiger partial charge in [0.2, 0.25) is 0 Å². The van der Waals surface area contributed by atoms with E-state index in [1.807, 2.05) is 0 Å². The summed E-state index contributed by atoms with van der Waals surface area (Å²) in [5.41, 5.74) is 0. The van der Waals surface area contributed by atoms with Crippen LogP contribution in [-0.2, 0) is 14.3 Å². The highest BCUT2D eigenvalue weighted by Gasteiger charge is 2.02. The molecule has 0 fully saturated rings. The third kappa shape index (κ3) is 8.20. The van der Waals surface area contributed by atoms with Crippen molar-refractivity contribution in [2.45, 2.75) is 18.7 Å². The molecule has 0 aliphatic rings. The second kappa shape index (κ2) is 4.16. The minimum absolute atomic E-state index is 0.0400. The summed E-state index contributed by atoms with van der Waals surface area (Å²) in [5.74, 6) is 0. The van der Waals surface area contributed by atoms with E-state index in [2.05, 4.69) is 4.18 Å². The van der Waals surface area contributed by atoms with Gasteiger partial charge in [0.15, 0.2) is 0 Å². The molecule has 10 heavy (non-hydrogen) atoms. The number of halogens is 1. The third-order valence-corrected chi connectivity index (χ3v) is 1.63. The fourth-order valence-corrected chi connectivity index (χ4v) is 0.850. The molecular formula is C5H11ClO3S. The van der Waals surface area contributed by atoms with Crippen molar-refractivity contribution < 1.29 is 12.6 Å². The molecule has 0 amide bonds. The van der Waals surface area contributed by atoms with Crippen molar-refractivity contribution in [2.75, 3.05) is 12.9 Å². The molecule has 0 aromatic carbocycles. The van der Waals surface area contributed by atoms with Gasteiger partial charge in [-0.2, -0.15) is 8.42 Å². The largest absolute Gasteiger partial charge is 0.270 e. The number of rotatable bonds is 4. The Morgan fingerprint density at radius 3 is 2.40 bits per heavy atom. The van der Waals surface area contributed by atoms with Crippen molar-refractivity contribution in [1.29, 1.82) is 0 Å². The van der Waals surface area contributed by atoms with Crippen LogP contribution in [0.1, 0.15) is 13.3 Å². The highest BCUT2D eigenvalue weighted by atomic mass is 35.5. The summed E-state index contributed by atoms with van der Waals surface area (Å²) in [5, 5.41) is -0.0400. The molecule has 3 nitrogen and oxygen atoms in total. The van der Waals surface area contributed by atoms with Gasteiger partial charge < -0.3 is 0 Å². The molecule has 5 heteroatoms. The normalized spacial score (nSPS) is 15.1. The monoisotopic (exact) mass is 186 g/mol. The van der Waals surface area contributed by atoms with E-state index >= 15 is 0 Å². The van der Waals surface area contributed by atoms with Crippen LogP contribution >= 0.6 is 11.6 Å². The quantitative estimate of drug-likeness (QED) is 0.486. The highest BCUT2D eigenvalue weighted by Crippen LogP contribution is 2.00. The first kappa shape index (κ1) is 10.2. The summed E-state index contributed by atoms with van der Waals surface area (Å²) in [4.78, 5) is 0. The average Bonchev–Trinajstić information content (AvgIpc) is 1.59. The second-order valence-electron chi connectivity index (χ2n) is 2.10. The molecule has 1 atom stereocenters. The molecule has 0 aliphatic heterocycles. The Balaban J connectivity index is 3.39. The lowest BCUT2D eigenvalue weighted by molar-refractivity contribution is 0.315. The van der Waals surface area contributed by atoms with Crippen LogP contribution in [0.2, 0.25) is 0 Å². The second-order valence-corrected chi connectivity index (χ2v) is 4.48. The van der Waals surface area contributed by atoms with Gasteiger partial charge in [0.1, 0.15) is 0 Å². The number of hydrogen-bond acceptors (Lipinski definition) is 3. The predicted octanol–water partition coefficient (Wildman–Crippen LogP) is 0.980. The van der Waals surface area contributed by atoms with Crippen LogP contribution < -0.4 is 0 Å². The molecule has 0 aromatic heterocycles. The van der Waals surface area contributed by atoms with Crippen molar-refractivity contribution in [3.8, 4) is 0 Å². The smallest absolute Gasteiger partial charge is 0.264 e. The predicted molar refractivity (Wildman–Crippen MR) is 40.7 cm³/mol. The summed E-state index contributed by atoms with van der Waals surface area (Å²) in [6.07, 6.45) is 1.57. The van der Waals surface area contributed by atoms with Crippen molar-refractivity contribution in [3.63, 3.8) is 0 Å². The maximum absolute atomic E-state index is 10.3. The Morgan fingerprint density at radius 2 is 2.10 bits per heavy atom. The SMILES string of the molecule is C[C@H](Cl)CCOS(C)(=O)=O. The zero-order chi connectivity index (χ0) is 8.20. The van der Waals surface area contributed by atoms with Crippen molar-refractivity contribution in [1.82, 2.24) is 0 Å².